The van der Waals surface area contributed by atoms with Crippen LogP contribution in [0.3, 0.4) is 0 Å². The van der Waals surface area contributed by atoms with E-state index in [1.54, 1.807) is 0 Å². The summed E-state index contributed by atoms with van der Waals surface area (Å²) in [5.74, 6) is 1.23. The van der Waals surface area contributed by atoms with Crippen LogP contribution in [0.2, 0.25) is 0 Å². The minimum absolute atomic E-state index is 0.514. The standard InChI is InChI=1S/C11H14BrCl/c1-2-3-10(8-13)9-4-6-11(12)7-5-9/h4-7,10H,2-3,8H2,1H3. The molecule has 0 bridgehead atoms. The summed E-state index contributed by atoms with van der Waals surface area (Å²) in [6, 6.07) is 8.44. The van der Waals surface area contributed by atoms with Crippen LogP contribution in [-0.4, -0.2) is 5.88 Å². The van der Waals surface area contributed by atoms with Gasteiger partial charge in [-0.2, -0.15) is 0 Å². The molecule has 2 heteroatoms. The van der Waals surface area contributed by atoms with E-state index in [-0.39, 0.29) is 0 Å². The quantitative estimate of drug-likeness (QED) is 0.697. The van der Waals surface area contributed by atoms with Crippen molar-refractivity contribution in [2.24, 2.45) is 0 Å². The fourth-order valence-electron chi connectivity index (χ4n) is 1.42. The van der Waals surface area contributed by atoms with Crippen LogP contribution in [-0.2, 0) is 0 Å². The highest BCUT2D eigenvalue weighted by Crippen LogP contribution is 2.24. The van der Waals surface area contributed by atoms with Crippen molar-refractivity contribution in [2.75, 3.05) is 5.88 Å². The SMILES string of the molecule is CCCC(CCl)c1ccc(Br)cc1. The first-order valence-electron chi connectivity index (χ1n) is 4.59. The fraction of sp³-hybridized carbons (Fsp3) is 0.455. The van der Waals surface area contributed by atoms with Crippen LogP contribution in [0.4, 0.5) is 0 Å². The first-order chi connectivity index (χ1) is 6.27. The van der Waals surface area contributed by atoms with E-state index >= 15 is 0 Å². The molecule has 1 unspecified atom stereocenters. The molecule has 13 heavy (non-hydrogen) atoms. The lowest BCUT2D eigenvalue weighted by molar-refractivity contribution is 0.670. The Hall–Kier alpha value is -0.0100. The summed E-state index contributed by atoms with van der Waals surface area (Å²) in [4.78, 5) is 0. The minimum atomic E-state index is 0.514. The van der Waals surface area contributed by atoms with Crippen LogP contribution in [0.5, 0.6) is 0 Å². The molecule has 0 aliphatic carbocycles. The van der Waals surface area contributed by atoms with Crippen molar-refractivity contribution in [1.82, 2.24) is 0 Å². The Kier molecular flexibility index (Phi) is 4.82. The first kappa shape index (κ1) is 11.1. The van der Waals surface area contributed by atoms with Gasteiger partial charge in [0.05, 0.1) is 0 Å². The average molecular weight is 262 g/mol. The molecule has 1 atom stereocenters. The van der Waals surface area contributed by atoms with Gasteiger partial charge in [-0.25, -0.2) is 0 Å². The predicted molar refractivity (Wildman–Crippen MR) is 62.5 cm³/mol. The third kappa shape index (κ3) is 3.32. The fourth-order valence-corrected chi connectivity index (χ4v) is 2.01. The lowest BCUT2D eigenvalue weighted by Gasteiger charge is -2.12. The molecule has 72 valence electrons. The summed E-state index contributed by atoms with van der Waals surface area (Å²) in [6.07, 6.45) is 2.36. The molecule has 0 heterocycles. The second kappa shape index (κ2) is 5.66. The van der Waals surface area contributed by atoms with Gasteiger partial charge < -0.3 is 0 Å². The van der Waals surface area contributed by atoms with Crippen molar-refractivity contribution in [3.63, 3.8) is 0 Å². The Morgan fingerprint density at radius 1 is 1.31 bits per heavy atom. The first-order valence-corrected chi connectivity index (χ1v) is 5.92. The van der Waals surface area contributed by atoms with E-state index in [1.807, 2.05) is 0 Å². The Balaban J connectivity index is 2.73. The zero-order valence-electron chi connectivity index (χ0n) is 7.76. The van der Waals surface area contributed by atoms with E-state index in [0.29, 0.717) is 5.92 Å². The predicted octanol–water partition coefficient (Wildman–Crippen LogP) is 4.57. The minimum Gasteiger partial charge on any atom is -0.126 e. The van der Waals surface area contributed by atoms with Crippen LogP contribution in [0.15, 0.2) is 28.7 Å². The third-order valence-electron chi connectivity index (χ3n) is 2.16. The summed E-state index contributed by atoms with van der Waals surface area (Å²) in [5, 5.41) is 0. The van der Waals surface area contributed by atoms with Gasteiger partial charge in [0.1, 0.15) is 0 Å². The number of rotatable bonds is 4. The Morgan fingerprint density at radius 2 is 1.92 bits per heavy atom. The molecular weight excluding hydrogens is 247 g/mol. The molecule has 0 spiro atoms. The number of halogens is 2. The van der Waals surface area contributed by atoms with Gasteiger partial charge in [-0.1, -0.05) is 41.4 Å². The normalized spacial score (nSPS) is 12.8. The van der Waals surface area contributed by atoms with Gasteiger partial charge in [0.15, 0.2) is 0 Å². The molecular formula is C11H14BrCl. The van der Waals surface area contributed by atoms with Crippen molar-refractivity contribution in [3.05, 3.63) is 34.3 Å². The molecule has 1 aromatic carbocycles. The van der Waals surface area contributed by atoms with E-state index in [0.717, 1.165) is 10.4 Å². The molecule has 0 nitrogen and oxygen atoms in total. The topological polar surface area (TPSA) is 0 Å². The molecule has 0 saturated carbocycles. The average Bonchev–Trinajstić information content (AvgIpc) is 2.16. The zero-order valence-corrected chi connectivity index (χ0v) is 10.1. The molecule has 0 saturated heterocycles. The van der Waals surface area contributed by atoms with Gasteiger partial charge >= 0.3 is 0 Å². The number of hydrogen-bond acceptors (Lipinski definition) is 0. The molecule has 0 aromatic heterocycles. The summed E-state index contributed by atoms with van der Waals surface area (Å²) in [7, 11) is 0. The largest absolute Gasteiger partial charge is 0.126 e. The van der Waals surface area contributed by atoms with Crippen LogP contribution in [0.25, 0.3) is 0 Å². The highest BCUT2D eigenvalue weighted by molar-refractivity contribution is 9.10. The van der Waals surface area contributed by atoms with E-state index in [1.165, 1.54) is 18.4 Å². The highest BCUT2D eigenvalue weighted by atomic mass is 79.9. The van der Waals surface area contributed by atoms with Gasteiger partial charge in [0, 0.05) is 10.4 Å². The van der Waals surface area contributed by atoms with Gasteiger partial charge in [-0.05, 0) is 30.0 Å². The molecule has 0 fully saturated rings. The van der Waals surface area contributed by atoms with Gasteiger partial charge in [0.25, 0.3) is 0 Å². The van der Waals surface area contributed by atoms with Gasteiger partial charge in [-0.3, -0.25) is 0 Å². The lowest BCUT2D eigenvalue weighted by atomic mass is 9.97. The van der Waals surface area contributed by atoms with Crippen LogP contribution < -0.4 is 0 Å². The van der Waals surface area contributed by atoms with E-state index in [4.69, 9.17) is 11.6 Å². The van der Waals surface area contributed by atoms with Gasteiger partial charge in [-0.15, -0.1) is 11.6 Å². The lowest BCUT2D eigenvalue weighted by Crippen LogP contribution is -1.99. The van der Waals surface area contributed by atoms with Crippen molar-refractivity contribution in [1.29, 1.82) is 0 Å². The van der Waals surface area contributed by atoms with Crippen LogP contribution >= 0.6 is 27.5 Å². The van der Waals surface area contributed by atoms with Crippen molar-refractivity contribution in [2.45, 2.75) is 25.7 Å². The third-order valence-corrected chi connectivity index (χ3v) is 3.07. The summed E-state index contributed by atoms with van der Waals surface area (Å²) in [5.41, 5.74) is 1.35. The maximum absolute atomic E-state index is 5.91. The van der Waals surface area contributed by atoms with E-state index in [9.17, 15) is 0 Å². The van der Waals surface area contributed by atoms with E-state index in [2.05, 4.69) is 47.1 Å². The van der Waals surface area contributed by atoms with Crippen LogP contribution in [0, 0.1) is 0 Å². The van der Waals surface area contributed by atoms with Gasteiger partial charge in [0.2, 0.25) is 0 Å². The smallest absolute Gasteiger partial charge is 0.0292 e. The summed E-state index contributed by atoms with van der Waals surface area (Å²) in [6.45, 7) is 2.19. The second-order valence-corrected chi connectivity index (χ2v) is 4.42. The highest BCUT2D eigenvalue weighted by Gasteiger charge is 2.08. The molecule has 0 aliphatic heterocycles. The van der Waals surface area contributed by atoms with Crippen molar-refractivity contribution >= 4 is 27.5 Å². The second-order valence-electron chi connectivity index (χ2n) is 3.19. The molecule has 0 amide bonds. The van der Waals surface area contributed by atoms with Crippen LogP contribution in [0.1, 0.15) is 31.2 Å². The number of alkyl halides is 1. The molecule has 0 radical (unpaired) electrons. The zero-order chi connectivity index (χ0) is 9.68. The van der Waals surface area contributed by atoms with Crippen molar-refractivity contribution in [3.8, 4) is 0 Å². The molecule has 0 N–H and O–H groups in total. The van der Waals surface area contributed by atoms with Crippen molar-refractivity contribution < 1.29 is 0 Å². The maximum atomic E-state index is 5.91. The maximum Gasteiger partial charge on any atom is 0.0292 e. The number of hydrogen-bond donors (Lipinski definition) is 0. The summed E-state index contributed by atoms with van der Waals surface area (Å²) < 4.78 is 1.13. The number of benzene rings is 1. The Bertz CT molecular complexity index is 243. The Morgan fingerprint density at radius 3 is 2.38 bits per heavy atom. The van der Waals surface area contributed by atoms with E-state index < -0.39 is 0 Å². The molecule has 1 rings (SSSR count). The Labute approximate surface area is 93.4 Å². The summed E-state index contributed by atoms with van der Waals surface area (Å²) >= 11 is 9.33. The molecule has 0 aliphatic rings. The monoisotopic (exact) mass is 260 g/mol. The molecule has 1 aromatic rings.